The largest absolute Gasteiger partial charge is 0.378 e. The van der Waals surface area contributed by atoms with Crippen molar-refractivity contribution >= 4 is 11.4 Å². The lowest BCUT2D eigenvalue weighted by Gasteiger charge is -2.41. The van der Waals surface area contributed by atoms with Crippen molar-refractivity contribution in [3.63, 3.8) is 0 Å². The first-order chi connectivity index (χ1) is 13.9. The molecule has 0 aromatic heterocycles. The van der Waals surface area contributed by atoms with E-state index < -0.39 is 4.81 Å². The van der Waals surface area contributed by atoms with Gasteiger partial charge in [0.25, 0.3) is 0 Å². The number of quaternary nitrogens is 1. The minimum absolute atomic E-state index is 0.372. The number of aryl methyl sites for hydroxylation is 1. The summed E-state index contributed by atoms with van der Waals surface area (Å²) in [5, 5.41) is 23.6. The van der Waals surface area contributed by atoms with E-state index >= 15 is 0 Å². The summed E-state index contributed by atoms with van der Waals surface area (Å²) in [6, 6.07) is 6.79. The van der Waals surface area contributed by atoms with Gasteiger partial charge in [-0.05, 0) is 80.6 Å². The first-order valence-electron chi connectivity index (χ1n) is 11.4. The maximum Gasteiger partial charge on any atom is 0.222 e. The van der Waals surface area contributed by atoms with E-state index in [9.17, 15) is 10.4 Å². The van der Waals surface area contributed by atoms with Crippen LogP contribution in [-0.2, 0) is 4.74 Å². The standard InChI is InChI=1S/C23H38N3O3/c1-17-3-10-23(26(2,27)28)22(15-17)24-19-11-13-25(14-12-19)20-6-8-21(9-7-20)29-16-18-4-5-18/h3,10,15,18-21,24,27-28H,4-9,11-14,16H2,1-2H3/q+1. The number of anilines is 1. The summed E-state index contributed by atoms with van der Waals surface area (Å²) in [5.41, 5.74) is 2.43. The third-order valence-electron chi connectivity index (χ3n) is 6.92. The Kier molecular flexibility index (Phi) is 6.47. The molecule has 0 atom stereocenters. The molecule has 3 fully saturated rings. The fraction of sp³-hybridized carbons (Fsp3) is 0.739. The number of rotatable bonds is 7. The quantitative estimate of drug-likeness (QED) is 0.466. The fourth-order valence-corrected chi connectivity index (χ4v) is 4.90. The Morgan fingerprint density at radius 1 is 1.03 bits per heavy atom. The van der Waals surface area contributed by atoms with Crippen molar-refractivity contribution in [2.75, 3.05) is 32.1 Å². The smallest absolute Gasteiger partial charge is 0.222 e. The van der Waals surface area contributed by atoms with Gasteiger partial charge in [0, 0.05) is 37.8 Å². The molecule has 1 aliphatic heterocycles. The number of nitrogens with zero attached hydrogens (tertiary/aromatic N) is 2. The molecular formula is C23H38N3O3+. The van der Waals surface area contributed by atoms with Crippen LogP contribution in [0.15, 0.2) is 18.2 Å². The van der Waals surface area contributed by atoms with E-state index in [1.165, 1.54) is 45.6 Å². The molecule has 1 saturated heterocycles. The van der Waals surface area contributed by atoms with Crippen LogP contribution in [0.3, 0.4) is 0 Å². The van der Waals surface area contributed by atoms with E-state index in [0.717, 1.165) is 49.7 Å². The van der Waals surface area contributed by atoms with Gasteiger partial charge in [-0.1, -0.05) is 6.07 Å². The lowest BCUT2D eigenvalue weighted by Crippen LogP contribution is -2.46. The highest BCUT2D eigenvalue weighted by atomic mass is 16.8. The number of piperidine rings is 1. The number of nitrogens with one attached hydrogen (secondary N) is 1. The third-order valence-corrected chi connectivity index (χ3v) is 6.92. The lowest BCUT2D eigenvalue weighted by molar-refractivity contribution is -0.271. The summed E-state index contributed by atoms with van der Waals surface area (Å²) in [6.07, 6.45) is 10.4. The van der Waals surface area contributed by atoms with Crippen LogP contribution in [0, 0.1) is 12.8 Å². The van der Waals surface area contributed by atoms with Crippen LogP contribution in [0.2, 0.25) is 0 Å². The Morgan fingerprint density at radius 2 is 1.72 bits per heavy atom. The van der Waals surface area contributed by atoms with Crippen LogP contribution < -0.4 is 10.1 Å². The highest BCUT2D eigenvalue weighted by Crippen LogP contribution is 2.33. The van der Waals surface area contributed by atoms with Crippen LogP contribution in [0.4, 0.5) is 11.4 Å². The Balaban J connectivity index is 1.24. The van der Waals surface area contributed by atoms with Crippen molar-refractivity contribution < 1.29 is 15.2 Å². The Labute approximate surface area is 175 Å². The predicted octanol–water partition coefficient (Wildman–Crippen LogP) is 4.32. The fourth-order valence-electron chi connectivity index (χ4n) is 4.90. The SMILES string of the molecule is Cc1ccc([N+](C)(O)O)c(NC2CCN(C3CCC(OCC4CC4)CC3)CC2)c1. The lowest BCUT2D eigenvalue weighted by atomic mass is 9.90. The van der Waals surface area contributed by atoms with Gasteiger partial charge in [-0.3, -0.25) is 0 Å². The zero-order valence-electron chi connectivity index (χ0n) is 18.0. The van der Waals surface area contributed by atoms with Gasteiger partial charge < -0.3 is 15.0 Å². The summed E-state index contributed by atoms with van der Waals surface area (Å²) in [6.45, 7) is 5.25. The minimum Gasteiger partial charge on any atom is -0.378 e. The number of benzene rings is 1. The van der Waals surface area contributed by atoms with Gasteiger partial charge in [0.05, 0.1) is 6.10 Å². The number of hydrogen-bond donors (Lipinski definition) is 3. The van der Waals surface area contributed by atoms with Crippen molar-refractivity contribution in [1.29, 1.82) is 0 Å². The third kappa shape index (κ3) is 5.70. The summed E-state index contributed by atoms with van der Waals surface area (Å²) in [5.74, 6) is 0.863. The van der Waals surface area contributed by atoms with Crippen molar-refractivity contribution in [1.82, 2.24) is 9.71 Å². The molecule has 3 N–H and O–H groups in total. The highest BCUT2D eigenvalue weighted by Gasteiger charge is 2.31. The van der Waals surface area contributed by atoms with Crippen molar-refractivity contribution in [2.45, 2.75) is 76.5 Å². The van der Waals surface area contributed by atoms with Crippen LogP contribution in [-0.4, -0.2) is 60.2 Å². The summed E-state index contributed by atoms with van der Waals surface area (Å²) in [4.78, 5) is 1.53. The van der Waals surface area contributed by atoms with Gasteiger partial charge in [0.15, 0.2) is 0 Å². The molecule has 2 aliphatic carbocycles. The van der Waals surface area contributed by atoms with E-state index in [2.05, 4.69) is 10.2 Å². The summed E-state index contributed by atoms with van der Waals surface area (Å²) < 4.78 is 6.10. The number of hydrogen-bond acceptors (Lipinski definition) is 5. The first-order valence-corrected chi connectivity index (χ1v) is 11.4. The predicted molar refractivity (Wildman–Crippen MR) is 115 cm³/mol. The maximum absolute atomic E-state index is 10.0. The van der Waals surface area contributed by atoms with Gasteiger partial charge in [-0.2, -0.15) is 10.4 Å². The van der Waals surface area contributed by atoms with Crippen LogP contribution in [0.1, 0.15) is 56.9 Å². The number of hydroxylamine groups is 2. The Bertz CT molecular complexity index is 670. The summed E-state index contributed by atoms with van der Waals surface area (Å²) in [7, 11) is 1.36. The molecule has 162 valence electrons. The molecule has 6 heteroatoms. The Hall–Kier alpha value is -1.18. The van der Waals surface area contributed by atoms with Crippen molar-refractivity contribution in [3.8, 4) is 0 Å². The van der Waals surface area contributed by atoms with Gasteiger partial charge >= 0.3 is 0 Å². The molecule has 4 rings (SSSR count). The molecule has 2 saturated carbocycles. The molecule has 6 nitrogen and oxygen atoms in total. The second kappa shape index (κ2) is 8.90. The number of ether oxygens (including phenoxy) is 1. The minimum atomic E-state index is -1.15. The topological polar surface area (TPSA) is 65.0 Å². The molecule has 0 bridgehead atoms. The molecule has 0 spiro atoms. The van der Waals surface area contributed by atoms with E-state index in [1.54, 1.807) is 6.07 Å². The van der Waals surface area contributed by atoms with E-state index in [1.807, 2.05) is 19.1 Å². The average molecular weight is 405 g/mol. The highest BCUT2D eigenvalue weighted by molar-refractivity contribution is 5.67. The molecule has 29 heavy (non-hydrogen) atoms. The zero-order chi connectivity index (χ0) is 20.4. The molecule has 0 radical (unpaired) electrons. The molecule has 1 aromatic rings. The molecule has 0 amide bonds. The van der Waals surface area contributed by atoms with Crippen molar-refractivity contribution in [3.05, 3.63) is 23.8 Å². The number of likely N-dealkylation sites (tertiary alicyclic amines) is 1. The van der Waals surface area contributed by atoms with E-state index in [4.69, 9.17) is 4.74 Å². The molecule has 0 unspecified atom stereocenters. The molecule has 1 heterocycles. The van der Waals surface area contributed by atoms with Crippen LogP contribution >= 0.6 is 0 Å². The molecule has 3 aliphatic rings. The monoisotopic (exact) mass is 404 g/mol. The first kappa shape index (κ1) is 21.1. The second-order valence-electron chi connectivity index (χ2n) is 9.60. The van der Waals surface area contributed by atoms with Crippen LogP contribution in [0.25, 0.3) is 0 Å². The van der Waals surface area contributed by atoms with Crippen LogP contribution in [0.5, 0.6) is 0 Å². The van der Waals surface area contributed by atoms with Gasteiger partial charge in [-0.25, -0.2) is 0 Å². The van der Waals surface area contributed by atoms with Gasteiger partial charge in [-0.15, -0.1) is 0 Å². The van der Waals surface area contributed by atoms with Crippen molar-refractivity contribution in [2.24, 2.45) is 5.92 Å². The molecule has 1 aromatic carbocycles. The molecular weight excluding hydrogens is 366 g/mol. The summed E-state index contributed by atoms with van der Waals surface area (Å²) >= 11 is 0. The van der Waals surface area contributed by atoms with Gasteiger partial charge in [0.2, 0.25) is 5.69 Å². The van der Waals surface area contributed by atoms with Gasteiger partial charge in [0.1, 0.15) is 12.7 Å². The van der Waals surface area contributed by atoms with E-state index in [-0.39, 0.29) is 0 Å². The maximum atomic E-state index is 10.0. The second-order valence-corrected chi connectivity index (χ2v) is 9.60. The van der Waals surface area contributed by atoms with E-state index in [0.29, 0.717) is 23.9 Å². The normalized spacial score (nSPS) is 27.2. The zero-order valence-corrected chi connectivity index (χ0v) is 18.0. The Morgan fingerprint density at radius 3 is 2.34 bits per heavy atom. The average Bonchev–Trinajstić information content (AvgIpc) is 3.51.